The van der Waals surface area contributed by atoms with Crippen LogP contribution in [0, 0.1) is 0 Å². The summed E-state index contributed by atoms with van der Waals surface area (Å²) >= 11 is 12.4. The highest BCUT2D eigenvalue weighted by atomic mass is 35.5. The zero-order valence-corrected chi connectivity index (χ0v) is 11.9. The van der Waals surface area contributed by atoms with Gasteiger partial charge in [-0.05, 0) is 18.6 Å². The van der Waals surface area contributed by atoms with Gasteiger partial charge in [0.2, 0.25) is 0 Å². The minimum atomic E-state index is 0.0927. The average Bonchev–Trinajstić information content (AvgIpc) is 2.37. The second-order valence-corrected chi connectivity index (χ2v) is 5.34. The lowest BCUT2D eigenvalue weighted by Crippen LogP contribution is -2.47. The van der Waals surface area contributed by atoms with Crippen LogP contribution in [0.5, 0.6) is 0 Å². The van der Waals surface area contributed by atoms with Crippen molar-refractivity contribution in [3.05, 3.63) is 33.8 Å². The zero-order valence-electron chi connectivity index (χ0n) is 10.4. The lowest BCUT2D eigenvalue weighted by molar-refractivity contribution is -0.0209. The molecule has 0 radical (unpaired) electrons. The predicted molar refractivity (Wildman–Crippen MR) is 75.2 cm³/mol. The van der Waals surface area contributed by atoms with Crippen molar-refractivity contribution in [1.29, 1.82) is 0 Å². The van der Waals surface area contributed by atoms with E-state index in [4.69, 9.17) is 33.7 Å². The summed E-state index contributed by atoms with van der Waals surface area (Å²) in [4.78, 5) is 2.33. The predicted octanol–water partition coefficient (Wildman–Crippen LogP) is 2.71. The molecule has 0 bridgehead atoms. The molecular formula is C13H18Cl2N2O. The normalized spacial score (nSPS) is 23.0. The fourth-order valence-electron chi connectivity index (χ4n) is 2.42. The van der Waals surface area contributed by atoms with Crippen molar-refractivity contribution >= 4 is 23.2 Å². The molecule has 100 valence electrons. The summed E-state index contributed by atoms with van der Waals surface area (Å²) in [5, 5.41) is 1.18. The standard InChI is InChI=1S/C13H18Cl2N2O/c1-9-8-18-6-5-17(9)12(7-16)10-3-2-4-11(14)13(10)15/h2-4,9,12H,5-8,16H2,1H3. The first kappa shape index (κ1) is 14.1. The smallest absolute Gasteiger partial charge is 0.0640 e. The summed E-state index contributed by atoms with van der Waals surface area (Å²) in [6.07, 6.45) is 0. The Morgan fingerprint density at radius 1 is 1.50 bits per heavy atom. The van der Waals surface area contributed by atoms with Crippen molar-refractivity contribution in [2.24, 2.45) is 5.73 Å². The summed E-state index contributed by atoms with van der Waals surface area (Å²) in [5.41, 5.74) is 6.93. The van der Waals surface area contributed by atoms with E-state index in [0.29, 0.717) is 22.6 Å². The maximum atomic E-state index is 6.29. The van der Waals surface area contributed by atoms with Gasteiger partial charge in [-0.25, -0.2) is 0 Å². The van der Waals surface area contributed by atoms with Gasteiger partial charge in [0.15, 0.2) is 0 Å². The van der Waals surface area contributed by atoms with Crippen LogP contribution >= 0.6 is 23.2 Å². The van der Waals surface area contributed by atoms with Gasteiger partial charge in [0.05, 0.1) is 23.3 Å². The van der Waals surface area contributed by atoms with E-state index in [1.807, 2.05) is 12.1 Å². The number of benzene rings is 1. The number of hydrogen-bond acceptors (Lipinski definition) is 3. The Hall–Kier alpha value is -0.320. The number of rotatable bonds is 3. The highest BCUT2D eigenvalue weighted by molar-refractivity contribution is 6.42. The molecule has 2 unspecified atom stereocenters. The molecule has 2 N–H and O–H groups in total. The number of nitrogens with two attached hydrogens (primary N) is 1. The Morgan fingerprint density at radius 3 is 2.94 bits per heavy atom. The molecule has 0 spiro atoms. The van der Waals surface area contributed by atoms with Crippen LogP contribution < -0.4 is 5.73 Å². The third-order valence-corrected chi connectivity index (χ3v) is 4.22. The van der Waals surface area contributed by atoms with Gasteiger partial charge in [0.1, 0.15) is 0 Å². The van der Waals surface area contributed by atoms with Crippen molar-refractivity contribution in [3.8, 4) is 0 Å². The van der Waals surface area contributed by atoms with Crippen molar-refractivity contribution < 1.29 is 4.74 Å². The van der Waals surface area contributed by atoms with Gasteiger partial charge < -0.3 is 10.5 Å². The second kappa shape index (κ2) is 6.22. The van der Waals surface area contributed by atoms with Crippen LogP contribution in [-0.4, -0.2) is 37.2 Å². The van der Waals surface area contributed by atoms with E-state index in [2.05, 4.69) is 11.8 Å². The first-order valence-corrected chi connectivity index (χ1v) is 6.88. The van der Waals surface area contributed by atoms with Crippen LogP contribution in [0.1, 0.15) is 18.5 Å². The summed E-state index contributed by atoms with van der Waals surface area (Å²) in [6.45, 7) is 4.99. The van der Waals surface area contributed by atoms with E-state index < -0.39 is 0 Å². The molecule has 1 fully saturated rings. The minimum absolute atomic E-state index is 0.0927. The largest absolute Gasteiger partial charge is 0.379 e. The van der Waals surface area contributed by atoms with Gasteiger partial charge >= 0.3 is 0 Å². The SMILES string of the molecule is CC1COCCN1C(CN)c1cccc(Cl)c1Cl. The highest BCUT2D eigenvalue weighted by Crippen LogP contribution is 2.33. The molecule has 1 aromatic rings. The van der Waals surface area contributed by atoms with E-state index in [1.165, 1.54) is 0 Å². The van der Waals surface area contributed by atoms with E-state index in [0.717, 1.165) is 25.3 Å². The van der Waals surface area contributed by atoms with E-state index >= 15 is 0 Å². The number of ether oxygens (including phenoxy) is 1. The third-order valence-electron chi connectivity index (χ3n) is 3.38. The topological polar surface area (TPSA) is 38.5 Å². The summed E-state index contributed by atoms with van der Waals surface area (Å²) in [7, 11) is 0. The minimum Gasteiger partial charge on any atom is -0.379 e. The maximum Gasteiger partial charge on any atom is 0.0640 e. The van der Waals surface area contributed by atoms with Crippen molar-refractivity contribution in [2.45, 2.75) is 19.0 Å². The first-order valence-electron chi connectivity index (χ1n) is 6.12. The van der Waals surface area contributed by atoms with E-state index in [9.17, 15) is 0 Å². The van der Waals surface area contributed by atoms with Gasteiger partial charge in [-0.3, -0.25) is 4.90 Å². The molecule has 2 atom stereocenters. The molecule has 0 saturated carbocycles. The van der Waals surface area contributed by atoms with Crippen LogP contribution in [0.15, 0.2) is 18.2 Å². The fourth-order valence-corrected chi connectivity index (χ4v) is 2.86. The number of hydrogen-bond donors (Lipinski definition) is 1. The number of nitrogens with zero attached hydrogens (tertiary/aromatic N) is 1. The molecule has 1 aliphatic heterocycles. The molecule has 0 amide bonds. The summed E-state index contributed by atoms with van der Waals surface area (Å²) in [5.74, 6) is 0. The molecule has 1 heterocycles. The van der Waals surface area contributed by atoms with E-state index in [-0.39, 0.29) is 6.04 Å². The Morgan fingerprint density at radius 2 is 2.28 bits per heavy atom. The molecule has 3 nitrogen and oxygen atoms in total. The van der Waals surface area contributed by atoms with Crippen LogP contribution in [0.3, 0.4) is 0 Å². The molecule has 2 rings (SSSR count). The zero-order chi connectivity index (χ0) is 13.1. The van der Waals surface area contributed by atoms with Crippen molar-refractivity contribution in [3.63, 3.8) is 0 Å². The first-order chi connectivity index (χ1) is 8.65. The third kappa shape index (κ3) is 2.81. The lowest BCUT2D eigenvalue weighted by atomic mass is 10.0. The summed E-state index contributed by atoms with van der Waals surface area (Å²) in [6, 6.07) is 6.13. The van der Waals surface area contributed by atoms with Gasteiger partial charge in [-0.1, -0.05) is 35.3 Å². The maximum absolute atomic E-state index is 6.29. The molecule has 18 heavy (non-hydrogen) atoms. The van der Waals surface area contributed by atoms with Crippen LogP contribution in [0.4, 0.5) is 0 Å². The van der Waals surface area contributed by atoms with Gasteiger partial charge in [-0.2, -0.15) is 0 Å². The van der Waals surface area contributed by atoms with Gasteiger partial charge in [0, 0.05) is 25.2 Å². The second-order valence-electron chi connectivity index (χ2n) is 4.56. The van der Waals surface area contributed by atoms with Crippen molar-refractivity contribution in [1.82, 2.24) is 4.90 Å². The van der Waals surface area contributed by atoms with Crippen LogP contribution in [-0.2, 0) is 4.74 Å². The Bertz CT molecular complexity index is 414. The van der Waals surface area contributed by atoms with Crippen molar-refractivity contribution in [2.75, 3.05) is 26.3 Å². The quantitative estimate of drug-likeness (QED) is 0.930. The molecule has 0 aliphatic carbocycles. The molecule has 1 aliphatic rings. The van der Waals surface area contributed by atoms with Gasteiger partial charge in [0.25, 0.3) is 0 Å². The van der Waals surface area contributed by atoms with Gasteiger partial charge in [-0.15, -0.1) is 0 Å². The Balaban J connectivity index is 2.29. The molecule has 0 aromatic heterocycles. The van der Waals surface area contributed by atoms with E-state index in [1.54, 1.807) is 6.07 Å². The fraction of sp³-hybridized carbons (Fsp3) is 0.538. The Kier molecular flexibility index (Phi) is 4.87. The summed E-state index contributed by atoms with van der Waals surface area (Å²) < 4.78 is 5.45. The van der Waals surface area contributed by atoms with Crippen LogP contribution in [0.25, 0.3) is 0 Å². The molecular weight excluding hydrogens is 271 g/mol. The number of halogens is 2. The average molecular weight is 289 g/mol. The molecule has 1 aromatic carbocycles. The monoisotopic (exact) mass is 288 g/mol. The highest BCUT2D eigenvalue weighted by Gasteiger charge is 2.28. The molecule has 1 saturated heterocycles. The van der Waals surface area contributed by atoms with Crippen LogP contribution in [0.2, 0.25) is 10.0 Å². The molecule has 5 heteroatoms. The lowest BCUT2D eigenvalue weighted by Gasteiger charge is -2.39. The Labute approximate surface area is 118 Å². The number of morpholine rings is 1.